The Morgan fingerprint density at radius 2 is 2.05 bits per heavy atom. The van der Waals surface area contributed by atoms with Crippen molar-refractivity contribution in [3.05, 3.63) is 29.1 Å². The van der Waals surface area contributed by atoms with Crippen LogP contribution in [0.25, 0.3) is 0 Å². The molecule has 1 aromatic rings. The summed E-state index contributed by atoms with van der Waals surface area (Å²) in [5.41, 5.74) is 0.355. The molecule has 0 aliphatic carbocycles. The van der Waals surface area contributed by atoms with Crippen LogP contribution in [-0.2, 0) is 11.2 Å². The molecule has 116 valence electrons. The summed E-state index contributed by atoms with van der Waals surface area (Å²) in [5, 5.41) is 4.80. The number of halogens is 4. The van der Waals surface area contributed by atoms with Crippen LogP contribution >= 0.6 is 0 Å². The predicted octanol–water partition coefficient (Wildman–Crippen LogP) is 3.31. The summed E-state index contributed by atoms with van der Waals surface area (Å²) in [7, 11) is 0. The second kappa shape index (κ2) is 6.01. The molecule has 0 saturated carbocycles. The van der Waals surface area contributed by atoms with Gasteiger partial charge in [-0.15, -0.1) is 0 Å². The van der Waals surface area contributed by atoms with E-state index in [0.29, 0.717) is 18.4 Å². The van der Waals surface area contributed by atoms with Gasteiger partial charge in [0.1, 0.15) is 11.9 Å². The van der Waals surface area contributed by atoms with E-state index in [2.05, 4.69) is 10.6 Å². The molecule has 1 unspecified atom stereocenters. The van der Waals surface area contributed by atoms with Crippen molar-refractivity contribution in [3.63, 3.8) is 0 Å². The molecule has 0 fully saturated rings. The minimum absolute atomic E-state index is 0.136. The number of benzene rings is 1. The van der Waals surface area contributed by atoms with Gasteiger partial charge >= 0.3 is 6.18 Å². The predicted molar refractivity (Wildman–Crippen MR) is 70.4 cm³/mol. The number of amides is 1. The highest BCUT2D eigenvalue weighted by Crippen LogP contribution is 2.36. The van der Waals surface area contributed by atoms with Crippen molar-refractivity contribution in [2.75, 3.05) is 11.9 Å². The van der Waals surface area contributed by atoms with E-state index in [-0.39, 0.29) is 24.6 Å². The van der Waals surface area contributed by atoms with Gasteiger partial charge in [0.2, 0.25) is 5.91 Å². The van der Waals surface area contributed by atoms with Crippen molar-refractivity contribution in [1.82, 2.24) is 5.32 Å². The molecular formula is C14H16F4N2O. The van der Waals surface area contributed by atoms with E-state index in [1.807, 2.05) is 0 Å². The number of hydrogen-bond acceptors (Lipinski definition) is 2. The van der Waals surface area contributed by atoms with Crippen LogP contribution in [0.15, 0.2) is 12.1 Å². The van der Waals surface area contributed by atoms with Gasteiger partial charge in [0, 0.05) is 17.7 Å². The Hall–Kier alpha value is -1.63. The van der Waals surface area contributed by atoms with Crippen LogP contribution in [0.5, 0.6) is 0 Å². The van der Waals surface area contributed by atoms with Crippen LogP contribution < -0.4 is 10.6 Å². The van der Waals surface area contributed by atoms with Gasteiger partial charge in [0.15, 0.2) is 0 Å². The number of carbonyl (C=O) groups excluding carboxylic acids is 1. The van der Waals surface area contributed by atoms with Crippen molar-refractivity contribution < 1.29 is 22.4 Å². The van der Waals surface area contributed by atoms with Crippen LogP contribution in [0.4, 0.5) is 23.2 Å². The standard InChI is InChI=1S/C14H16F4N2O/c1-2-5-19-13(14(16,17)18)9-6-8-3-4-12(21)20-11(8)7-10(9)15/h6-7,13,19H,2-5H2,1H3,(H,20,21). The van der Waals surface area contributed by atoms with E-state index >= 15 is 0 Å². The van der Waals surface area contributed by atoms with Crippen LogP contribution in [0.1, 0.15) is 36.9 Å². The number of hydrogen-bond donors (Lipinski definition) is 2. The van der Waals surface area contributed by atoms with E-state index in [4.69, 9.17) is 0 Å². The van der Waals surface area contributed by atoms with E-state index < -0.39 is 23.6 Å². The van der Waals surface area contributed by atoms with E-state index in [9.17, 15) is 22.4 Å². The molecule has 1 aromatic carbocycles. The lowest BCUT2D eigenvalue weighted by atomic mass is 9.96. The fourth-order valence-corrected chi connectivity index (χ4v) is 2.33. The summed E-state index contributed by atoms with van der Waals surface area (Å²) in [5.74, 6) is -1.23. The van der Waals surface area contributed by atoms with Crippen molar-refractivity contribution in [2.24, 2.45) is 0 Å². The number of nitrogens with one attached hydrogen (secondary N) is 2. The zero-order chi connectivity index (χ0) is 15.6. The summed E-state index contributed by atoms with van der Waals surface area (Å²) >= 11 is 0. The Balaban J connectivity index is 2.39. The molecule has 7 heteroatoms. The van der Waals surface area contributed by atoms with Crippen molar-refractivity contribution in [1.29, 1.82) is 0 Å². The first-order chi connectivity index (χ1) is 9.82. The van der Waals surface area contributed by atoms with Crippen LogP contribution in [0.2, 0.25) is 0 Å². The lowest BCUT2D eigenvalue weighted by molar-refractivity contribution is -0.158. The fraction of sp³-hybridized carbons (Fsp3) is 0.500. The smallest absolute Gasteiger partial charge is 0.326 e. The highest BCUT2D eigenvalue weighted by Gasteiger charge is 2.42. The molecule has 0 aromatic heterocycles. The summed E-state index contributed by atoms with van der Waals surface area (Å²) in [4.78, 5) is 11.2. The maximum Gasteiger partial charge on any atom is 0.408 e. The molecule has 1 aliphatic rings. The minimum Gasteiger partial charge on any atom is -0.326 e. The van der Waals surface area contributed by atoms with Gasteiger partial charge < -0.3 is 10.6 Å². The van der Waals surface area contributed by atoms with Crippen LogP contribution in [-0.4, -0.2) is 18.6 Å². The Labute approximate surface area is 119 Å². The largest absolute Gasteiger partial charge is 0.408 e. The number of aryl methyl sites for hydroxylation is 1. The quantitative estimate of drug-likeness (QED) is 0.838. The van der Waals surface area contributed by atoms with Gasteiger partial charge in [-0.05, 0) is 37.1 Å². The maximum absolute atomic E-state index is 14.0. The van der Waals surface area contributed by atoms with E-state index in [1.165, 1.54) is 6.07 Å². The second-order valence-electron chi connectivity index (χ2n) is 5.01. The molecule has 0 spiro atoms. The van der Waals surface area contributed by atoms with E-state index in [0.717, 1.165) is 6.07 Å². The number of fused-ring (bicyclic) bond motifs is 1. The molecule has 0 bridgehead atoms. The Morgan fingerprint density at radius 1 is 1.33 bits per heavy atom. The zero-order valence-electron chi connectivity index (χ0n) is 11.5. The van der Waals surface area contributed by atoms with Gasteiger partial charge in [-0.25, -0.2) is 4.39 Å². The first-order valence-electron chi connectivity index (χ1n) is 6.75. The van der Waals surface area contributed by atoms with Gasteiger partial charge in [0.05, 0.1) is 0 Å². The SMILES string of the molecule is CCCNC(c1cc2c(cc1F)NC(=O)CC2)C(F)(F)F. The first-order valence-corrected chi connectivity index (χ1v) is 6.75. The summed E-state index contributed by atoms with van der Waals surface area (Å²) < 4.78 is 53.3. The average molecular weight is 304 g/mol. The second-order valence-corrected chi connectivity index (χ2v) is 5.01. The Kier molecular flexibility index (Phi) is 4.51. The highest BCUT2D eigenvalue weighted by molar-refractivity contribution is 5.93. The number of anilines is 1. The third-order valence-corrected chi connectivity index (χ3v) is 3.35. The fourth-order valence-electron chi connectivity index (χ4n) is 2.33. The molecule has 2 rings (SSSR count). The molecule has 1 amide bonds. The van der Waals surface area contributed by atoms with Crippen LogP contribution in [0, 0.1) is 5.82 Å². The normalized spacial score (nSPS) is 16.3. The molecule has 1 heterocycles. The Bertz CT molecular complexity index is 543. The average Bonchev–Trinajstić information content (AvgIpc) is 2.38. The highest BCUT2D eigenvalue weighted by atomic mass is 19.4. The maximum atomic E-state index is 14.0. The van der Waals surface area contributed by atoms with Crippen molar-refractivity contribution >= 4 is 11.6 Å². The summed E-state index contributed by atoms with van der Waals surface area (Å²) in [6.07, 6.45) is -3.57. The molecule has 0 radical (unpaired) electrons. The van der Waals surface area contributed by atoms with E-state index in [1.54, 1.807) is 6.92 Å². The van der Waals surface area contributed by atoms with Gasteiger partial charge in [-0.1, -0.05) is 6.92 Å². The zero-order valence-corrected chi connectivity index (χ0v) is 11.5. The molecule has 1 atom stereocenters. The minimum atomic E-state index is -4.58. The molecule has 1 aliphatic heterocycles. The van der Waals surface area contributed by atoms with Gasteiger partial charge in [-0.2, -0.15) is 13.2 Å². The molecule has 21 heavy (non-hydrogen) atoms. The molecular weight excluding hydrogens is 288 g/mol. The number of carbonyl (C=O) groups is 1. The third kappa shape index (κ3) is 3.53. The van der Waals surface area contributed by atoms with Crippen molar-refractivity contribution in [2.45, 2.75) is 38.4 Å². The van der Waals surface area contributed by atoms with Gasteiger partial charge in [-0.3, -0.25) is 4.79 Å². The topological polar surface area (TPSA) is 41.1 Å². The lowest BCUT2D eigenvalue weighted by Gasteiger charge is -2.25. The lowest BCUT2D eigenvalue weighted by Crippen LogP contribution is -2.35. The third-order valence-electron chi connectivity index (χ3n) is 3.35. The summed E-state index contributed by atoms with van der Waals surface area (Å²) in [6, 6.07) is 0.124. The van der Waals surface area contributed by atoms with Gasteiger partial charge in [0.25, 0.3) is 0 Å². The molecule has 2 N–H and O–H groups in total. The monoisotopic (exact) mass is 304 g/mol. The number of rotatable bonds is 4. The van der Waals surface area contributed by atoms with Crippen molar-refractivity contribution in [3.8, 4) is 0 Å². The summed E-state index contributed by atoms with van der Waals surface area (Å²) in [6.45, 7) is 1.87. The molecule has 0 saturated heterocycles. The van der Waals surface area contributed by atoms with Crippen LogP contribution in [0.3, 0.4) is 0 Å². The molecule has 3 nitrogen and oxygen atoms in total. The Morgan fingerprint density at radius 3 is 2.67 bits per heavy atom. The number of alkyl halides is 3. The first kappa shape index (κ1) is 15.8.